The first-order chi connectivity index (χ1) is 16.1. The van der Waals surface area contributed by atoms with E-state index in [0.29, 0.717) is 27.4 Å². The van der Waals surface area contributed by atoms with E-state index in [1.54, 1.807) is 12.1 Å². The molecule has 3 aromatic carbocycles. The van der Waals surface area contributed by atoms with Gasteiger partial charge in [-0.1, -0.05) is 72.3 Å². The van der Waals surface area contributed by atoms with Gasteiger partial charge in [-0.15, -0.1) is 0 Å². The summed E-state index contributed by atoms with van der Waals surface area (Å²) in [5.74, 6) is -0.333. The third-order valence-corrected chi connectivity index (χ3v) is 5.55. The number of hydrogen-bond donors (Lipinski definition) is 1. The molecule has 0 aliphatic carbocycles. The molecule has 1 amide bonds. The molecule has 0 spiro atoms. The molecule has 0 radical (unpaired) electrons. The summed E-state index contributed by atoms with van der Waals surface area (Å²) in [5.41, 5.74) is 3.19. The Morgan fingerprint density at radius 1 is 0.939 bits per heavy atom. The maximum atomic E-state index is 13.0. The first kappa shape index (κ1) is 20.7. The fraction of sp³-hybridized carbons (Fsp3) is 0.0400. The van der Waals surface area contributed by atoms with E-state index in [2.05, 4.69) is 15.4 Å². The number of fused-ring (bicyclic) bond motifs is 1. The molecule has 8 heteroatoms. The van der Waals surface area contributed by atoms with Gasteiger partial charge in [0.2, 0.25) is 5.91 Å². The van der Waals surface area contributed by atoms with Crippen molar-refractivity contribution < 1.29 is 4.79 Å². The van der Waals surface area contributed by atoms with Crippen molar-refractivity contribution in [2.75, 3.05) is 5.32 Å². The smallest absolute Gasteiger partial charge is 0.264 e. The number of benzene rings is 3. The number of aromatic nitrogens is 4. The Labute approximate surface area is 193 Å². The zero-order valence-corrected chi connectivity index (χ0v) is 18.1. The minimum atomic E-state index is -0.357. The first-order valence-electron chi connectivity index (χ1n) is 10.2. The molecule has 0 saturated carbocycles. The van der Waals surface area contributed by atoms with Crippen LogP contribution in [0, 0.1) is 0 Å². The molecule has 0 aliphatic heterocycles. The predicted molar refractivity (Wildman–Crippen MR) is 129 cm³/mol. The van der Waals surface area contributed by atoms with E-state index in [1.807, 2.05) is 66.7 Å². The summed E-state index contributed by atoms with van der Waals surface area (Å²) in [6, 6.07) is 24.5. The Morgan fingerprint density at radius 2 is 1.67 bits per heavy atom. The predicted octanol–water partition coefficient (Wildman–Crippen LogP) is 4.54. The minimum Gasteiger partial charge on any atom is -0.324 e. The van der Waals surface area contributed by atoms with E-state index in [1.165, 1.54) is 21.8 Å². The second kappa shape index (κ2) is 8.72. The molecular formula is C25H18ClN5O2. The van der Waals surface area contributed by atoms with Gasteiger partial charge >= 0.3 is 0 Å². The van der Waals surface area contributed by atoms with Gasteiger partial charge in [0.15, 0.2) is 5.65 Å². The standard InChI is InChI=1S/C25H18ClN5O2/c26-20-11-5-7-13-22(20)31-24-19(14-28-31)25(33)30(16-27-24)15-23(32)29-21-12-6-4-10-18(21)17-8-2-1-3-9-17/h1-14,16H,15H2,(H,29,32). The molecule has 0 atom stereocenters. The van der Waals surface area contributed by atoms with Crippen LogP contribution in [0.5, 0.6) is 0 Å². The summed E-state index contributed by atoms with van der Waals surface area (Å²) in [7, 11) is 0. The van der Waals surface area contributed by atoms with E-state index in [9.17, 15) is 9.59 Å². The van der Waals surface area contributed by atoms with Gasteiger partial charge < -0.3 is 5.32 Å². The molecule has 5 rings (SSSR count). The zero-order chi connectivity index (χ0) is 22.8. The molecule has 0 saturated heterocycles. The Balaban J connectivity index is 1.42. The molecule has 1 N–H and O–H groups in total. The molecule has 33 heavy (non-hydrogen) atoms. The van der Waals surface area contributed by atoms with E-state index in [4.69, 9.17) is 11.6 Å². The van der Waals surface area contributed by atoms with Crippen LogP contribution in [0.3, 0.4) is 0 Å². The third kappa shape index (κ3) is 4.02. The Kier molecular flexibility index (Phi) is 5.46. The van der Waals surface area contributed by atoms with Crippen molar-refractivity contribution in [3.8, 4) is 16.8 Å². The number of rotatable bonds is 5. The molecule has 162 valence electrons. The van der Waals surface area contributed by atoms with Crippen molar-refractivity contribution >= 4 is 34.2 Å². The Bertz CT molecular complexity index is 1530. The van der Waals surface area contributed by atoms with Crippen LogP contribution in [0.15, 0.2) is 96.2 Å². The lowest BCUT2D eigenvalue weighted by molar-refractivity contribution is -0.116. The Hall–Kier alpha value is -4.23. The van der Waals surface area contributed by atoms with Gasteiger partial charge in [-0.3, -0.25) is 14.2 Å². The second-order valence-corrected chi connectivity index (χ2v) is 7.79. The highest BCUT2D eigenvalue weighted by atomic mass is 35.5. The Morgan fingerprint density at radius 3 is 2.48 bits per heavy atom. The number of halogens is 1. The van der Waals surface area contributed by atoms with Crippen LogP contribution in [0.2, 0.25) is 5.02 Å². The van der Waals surface area contributed by atoms with Gasteiger partial charge in [-0.2, -0.15) is 5.10 Å². The van der Waals surface area contributed by atoms with Gasteiger partial charge in [-0.25, -0.2) is 9.67 Å². The second-order valence-electron chi connectivity index (χ2n) is 7.38. The largest absolute Gasteiger partial charge is 0.324 e. The van der Waals surface area contributed by atoms with Crippen LogP contribution in [-0.2, 0) is 11.3 Å². The zero-order valence-electron chi connectivity index (χ0n) is 17.4. The van der Waals surface area contributed by atoms with Crippen molar-refractivity contribution in [2.24, 2.45) is 0 Å². The van der Waals surface area contributed by atoms with E-state index in [0.717, 1.165) is 11.1 Å². The summed E-state index contributed by atoms with van der Waals surface area (Å²) in [6.45, 7) is -0.178. The van der Waals surface area contributed by atoms with E-state index in [-0.39, 0.29) is 18.0 Å². The number of hydrogen-bond acceptors (Lipinski definition) is 4. The van der Waals surface area contributed by atoms with Gasteiger partial charge in [0.25, 0.3) is 5.56 Å². The average molecular weight is 456 g/mol. The fourth-order valence-electron chi connectivity index (χ4n) is 3.67. The number of anilines is 1. The van der Waals surface area contributed by atoms with Crippen LogP contribution in [0.1, 0.15) is 0 Å². The minimum absolute atomic E-state index is 0.178. The maximum absolute atomic E-state index is 13.0. The quantitative estimate of drug-likeness (QED) is 0.422. The van der Waals surface area contributed by atoms with Crippen molar-refractivity contribution in [3.63, 3.8) is 0 Å². The van der Waals surface area contributed by atoms with Crippen LogP contribution in [0.25, 0.3) is 27.8 Å². The monoisotopic (exact) mass is 455 g/mol. The lowest BCUT2D eigenvalue weighted by Gasteiger charge is -2.12. The molecule has 2 aromatic heterocycles. The van der Waals surface area contributed by atoms with Crippen LogP contribution in [-0.4, -0.2) is 25.2 Å². The van der Waals surface area contributed by atoms with Gasteiger partial charge in [0.1, 0.15) is 18.3 Å². The molecule has 0 aliphatic rings. The molecule has 5 aromatic rings. The van der Waals surface area contributed by atoms with Crippen LogP contribution in [0.4, 0.5) is 5.69 Å². The highest BCUT2D eigenvalue weighted by Gasteiger charge is 2.15. The number of nitrogens with one attached hydrogen (secondary N) is 1. The normalized spacial score (nSPS) is 10.9. The molecule has 0 bridgehead atoms. The summed E-state index contributed by atoms with van der Waals surface area (Å²) in [4.78, 5) is 30.1. The average Bonchev–Trinajstić information content (AvgIpc) is 3.27. The van der Waals surface area contributed by atoms with Crippen molar-refractivity contribution in [3.05, 3.63) is 107 Å². The number of nitrogens with zero attached hydrogens (tertiary/aromatic N) is 4. The van der Waals surface area contributed by atoms with E-state index < -0.39 is 0 Å². The summed E-state index contributed by atoms with van der Waals surface area (Å²) in [6.07, 6.45) is 2.79. The summed E-state index contributed by atoms with van der Waals surface area (Å²) >= 11 is 6.27. The highest BCUT2D eigenvalue weighted by Crippen LogP contribution is 2.27. The summed E-state index contributed by atoms with van der Waals surface area (Å²) < 4.78 is 2.78. The van der Waals surface area contributed by atoms with E-state index >= 15 is 0 Å². The van der Waals surface area contributed by atoms with Gasteiger partial charge in [0.05, 0.1) is 16.9 Å². The molecule has 0 fully saturated rings. The molecule has 0 unspecified atom stereocenters. The number of carbonyl (C=O) groups excluding carboxylic acids is 1. The number of carbonyl (C=O) groups is 1. The molecule has 2 heterocycles. The highest BCUT2D eigenvalue weighted by molar-refractivity contribution is 6.32. The lowest BCUT2D eigenvalue weighted by Crippen LogP contribution is -2.28. The molecule has 7 nitrogen and oxygen atoms in total. The van der Waals surface area contributed by atoms with Gasteiger partial charge in [-0.05, 0) is 23.8 Å². The fourth-order valence-corrected chi connectivity index (χ4v) is 3.88. The topological polar surface area (TPSA) is 81.8 Å². The maximum Gasteiger partial charge on any atom is 0.264 e. The first-order valence-corrected chi connectivity index (χ1v) is 10.6. The molecular weight excluding hydrogens is 438 g/mol. The summed E-state index contributed by atoms with van der Waals surface area (Å²) in [5, 5.41) is 7.97. The lowest BCUT2D eigenvalue weighted by atomic mass is 10.0. The van der Waals surface area contributed by atoms with Crippen molar-refractivity contribution in [2.45, 2.75) is 6.54 Å². The third-order valence-electron chi connectivity index (χ3n) is 5.24. The van der Waals surface area contributed by atoms with Crippen molar-refractivity contribution in [1.29, 1.82) is 0 Å². The number of amides is 1. The van der Waals surface area contributed by atoms with Crippen LogP contribution >= 0.6 is 11.6 Å². The van der Waals surface area contributed by atoms with Crippen molar-refractivity contribution in [1.82, 2.24) is 19.3 Å². The van der Waals surface area contributed by atoms with Gasteiger partial charge in [0, 0.05) is 11.3 Å². The van der Waals surface area contributed by atoms with Crippen LogP contribution < -0.4 is 10.9 Å². The SMILES string of the molecule is O=C(Cn1cnc2c(cnn2-c2ccccc2Cl)c1=O)Nc1ccccc1-c1ccccc1. The number of para-hydroxylation sites is 2.